The topological polar surface area (TPSA) is 75.4 Å². The zero-order chi connectivity index (χ0) is 11.3. The monoisotopic (exact) mass is 249 g/mol. The number of halogens is 1. The zero-order valence-electron chi connectivity index (χ0n) is 9.57. The van der Waals surface area contributed by atoms with Crippen LogP contribution in [0.5, 0.6) is 0 Å². The molecule has 0 aromatic heterocycles. The van der Waals surface area contributed by atoms with E-state index in [9.17, 15) is 9.59 Å². The molecule has 3 N–H and O–H groups in total. The van der Waals surface area contributed by atoms with Crippen molar-refractivity contribution in [3.63, 3.8) is 0 Å². The van der Waals surface area contributed by atoms with Crippen molar-refractivity contribution in [2.24, 2.45) is 11.7 Å². The van der Waals surface area contributed by atoms with Gasteiger partial charge in [0.15, 0.2) is 0 Å². The molecule has 0 aromatic rings. The van der Waals surface area contributed by atoms with Crippen molar-refractivity contribution >= 4 is 24.2 Å². The molecule has 94 valence electrons. The first kappa shape index (κ1) is 15.2. The predicted octanol–water partition coefficient (Wildman–Crippen LogP) is -0.258. The number of nitrogens with two attached hydrogens (primary N) is 1. The SMILES string of the molecule is CCCCN(CC(N)=O)C(=O)C1CNC1.Cl. The summed E-state index contributed by atoms with van der Waals surface area (Å²) in [5.41, 5.74) is 5.11. The number of unbranched alkanes of at least 4 members (excludes halogenated alkanes) is 1. The molecule has 5 nitrogen and oxygen atoms in total. The van der Waals surface area contributed by atoms with Crippen LogP contribution in [0.15, 0.2) is 0 Å². The summed E-state index contributed by atoms with van der Waals surface area (Å²) in [6.07, 6.45) is 1.92. The number of amides is 2. The molecule has 0 atom stereocenters. The van der Waals surface area contributed by atoms with E-state index < -0.39 is 5.91 Å². The normalized spacial score (nSPS) is 14.8. The Labute approximate surface area is 102 Å². The van der Waals surface area contributed by atoms with E-state index in [1.54, 1.807) is 4.90 Å². The van der Waals surface area contributed by atoms with Crippen LogP contribution in [-0.4, -0.2) is 42.9 Å². The van der Waals surface area contributed by atoms with E-state index in [1.165, 1.54) is 0 Å². The Hall–Kier alpha value is -0.810. The van der Waals surface area contributed by atoms with Gasteiger partial charge in [0.1, 0.15) is 0 Å². The van der Waals surface area contributed by atoms with Crippen molar-refractivity contribution in [3.8, 4) is 0 Å². The van der Waals surface area contributed by atoms with Gasteiger partial charge in [0.05, 0.1) is 12.5 Å². The smallest absolute Gasteiger partial charge is 0.237 e. The Morgan fingerprint density at radius 3 is 2.44 bits per heavy atom. The zero-order valence-corrected chi connectivity index (χ0v) is 10.4. The van der Waals surface area contributed by atoms with Crippen molar-refractivity contribution in [2.75, 3.05) is 26.2 Å². The van der Waals surface area contributed by atoms with E-state index in [0.717, 1.165) is 25.9 Å². The van der Waals surface area contributed by atoms with Gasteiger partial charge in [-0.2, -0.15) is 0 Å². The summed E-state index contributed by atoms with van der Waals surface area (Å²) in [5.74, 6) is -0.339. The Kier molecular flexibility index (Phi) is 7.08. The molecule has 6 heteroatoms. The minimum Gasteiger partial charge on any atom is -0.368 e. The molecule has 1 rings (SSSR count). The molecule has 0 bridgehead atoms. The van der Waals surface area contributed by atoms with E-state index in [-0.39, 0.29) is 30.8 Å². The molecule has 0 aliphatic carbocycles. The van der Waals surface area contributed by atoms with Crippen molar-refractivity contribution in [1.29, 1.82) is 0 Å². The van der Waals surface area contributed by atoms with Crippen LogP contribution in [0.1, 0.15) is 19.8 Å². The molecular weight excluding hydrogens is 230 g/mol. The lowest BCUT2D eigenvalue weighted by Crippen LogP contribution is -2.53. The van der Waals surface area contributed by atoms with Gasteiger partial charge in [0.25, 0.3) is 0 Å². The average Bonchev–Trinajstić information content (AvgIpc) is 2.08. The Morgan fingerprint density at radius 2 is 2.06 bits per heavy atom. The number of carbonyl (C=O) groups is 2. The third kappa shape index (κ3) is 4.37. The summed E-state index contributed by atoms with van der Waals surface area (Å²) in [4.78, 5) is 24.2. The number of rotatable bonds is 6. The van der Waals surface area contributed by atoms with E-state index in [0.29, 0.717) is 6.54 Å². The van der Waals surface area contributed by atoms with Gasteiger partial charge in [-0.25, -0.2) is 0 Å². The fourth-order valence-corrected chi connectivity index (χ4v) is 1.53. The van der Waals surface area contributed by atoms with Crippen molar-refractivity contribution < 1.29 is 9.59 Å². The van der Waals surface area contributed by atoms with Crippen LogP contribution in [0.25, 0.3) is 0 Å². The molecule has 1 heterocycles. The van der Waals surface area contributed by atoms with Gasteiger partial charge < -0.3 is 16.0 Å². The first-order chi connectivity index (χ1) is 7.15. The average molecular weight is 250 g/mol. The molecular formula is C10H20ClN3O2. The Balaban J connectivity index is 0.00000225. The number of carbonyl (C=O) groups excluding carboxylic acids is 2. The molecule has 1 fully saturated rings. The molecule has 16 heavy (non-hydrogen) atoms. The summed E-state index contributed by atoms with van der Waals surface area (Å²) >= 11 is 0. The van der Waals surface area contributed by atoms with Crippen LogP contribution in [0, 0.1) is 5.92 Å². The lowest BCUT2D eigenvalue weighted by atomic mass is 10.0. The number of nitrogens with zero attached hydrogens (tertiary/aromatic N) is 1. The highest BCUT2D eigenvalue weighted by Crippen LogP contribution is 2.09. The van der Waals surface area contributed by atoms with E-state index in [1.807, 2.05) is 0 Å². The standard InChI is InChI=1S/C10H19N3O2.ClH/c1-2-3-4-13(7-9(11)14)10(15)8-5-12-6-8;/h8,12H,2-7H2,1H3,(H2,11,14);1H. The molecule has 1 aliphatic rings. The summed E-state index contributed by atoms with van der Waals surface area (Å²) in [6.45, 7) is 4.18. The molecule has 0 unspecified atom stereocenters. The maximum atomic E-state index is 11.8. The van der Waals surface area contributed by atoms with Gasteiger partial charge in [0, 0.05) is 19.6 Å². The summed E-state index contributed by atoms with van der Waals surface area (Å²) in [5, 5.41) is 3.04. The largest absolute Gasteiger partial charge is 0.368 e. The first-order valence-corrected chi connectivity index (χ1v) is 5.43. The number of hydrogen-bond acceptors (Lipinski definition) is 3. The van der Waals surface area contributed by atoms with Crippen LogP contribution in [0.2, 0.25) is 0 Å². The van der Waals surface area contributed by atoms with Crippen LogP contribution in [-0.2, 0) is 9.59 Å². The second-order valence-electron chi connectivity index (χ2n) is 3.93. The lowest BCUT2D eigenvalue weighted by molar-refractivity contribution is -0.140. The Morgan fingerprint density at radius 1 is 1.44 bits per heavy atom. The fourth-order valence-electron chi connectivity index (χ4n) is 1.53. The van der Waals surface area contributed by atoms with E-state index >= 15 is 0 Å². The first-order valence-electron chi connectivity index (χ1n) is 5.43. The maximum absolute atomic E-state index is 11.8. The van der Waals surface area contributed by atoms with Crippen molar-refractivity contribution in [3.05, 3.63) is 0 Å². The number of primary amides is 1. The van der Waals surface area contributed by atoms with E-state index in [4.69, 9.17) is 5.73 Å². The minimum absolute atomic E-state index is 0. The maximum Gasteiger partial charge on any atom is 0.237 e. The fraction of sp³-hybridized carbons (Fsp3) is 0.800. The third-order valence-corrected chi connectivity index (χ3v) is 2.57. The summed E-state index contributed by atoms with van der Waals surface area (Å²) in [6, 6.07) is 0. The second kappa shape index (κ2) is 7.46. The highest BCUT2D eigenvalue weighted by atomic mass is 35.5. The van der Waals surface area contributed by atoms with E-state index in [2.05, 4.69) is 12.2 Å². The van der Waals surface area contributed by atoms with Crippen LogP contribution >= 0.6 is 12.4 Å². The molecule has 1 aliphatic heterocycles. The van der Waals surface area contributed by atoms with Gasteiger partial charge in [-0.1, -0.05) is 13.3 Å². The number of nitrogens with one attached hydrogen (secondary N) is 1. The van der Waals surface area contributed by atoms with Gasteiger partial charge in [-0.15, -0.1) is 12.4 Å². The quantitative estimate of drug-likeness (QED) is 0.681. The second-order valence-corrected chi connectivity index (χ2v) is 3.93. The van der Waals surface area contributed by atoms with Gasteiger partial charge in [-0.3, -0.25) is 9.59 Å². The molecule has 0 spiro atoms. The molecule has 1 saturated heterocycles. The highest BCUT2D eigenvalue weighted by molar-refractivity contribution is 5.86. The predicted molar refractivity (Wildman–Crippen MR) is 64.3 cm³/mol. The van der Waals surface area contributed by atoms with Gasteiger partial charge >= 0.3 is 0 Å². The molecule has 0 aromatic carbocycles. The highest BCUT2D eigenvalue weighted by Gasteiger charge is 2.29. The Bertz CT molecular complexity index is 244. The van der Waals surface area contributed by atoms with Crippen LogP contribution in [0.3, 0.4) is 0 Å². The van der Waals surface area contributed by atoms with Crippen molar-refractivity contribution in [1.82, 2.24) is 10.2 Å². The van der Waals surface area contributed by atoms with Crippen LogP contribution in [0.4, 0.5) is 0 Å². The molecule has 2 amide bonds. The third-order valence-electron chi connectivity index (χ3n) is 2.57. The molecule has 0 radical (unpaired) electrons. The van der Waals surface area contributed by atoms with Crippen molar-refractivity contribution in [2.45, 2.75) is 19.8 Å². The summed E-state index contributed by atoms with van der Waals surface area (Å²) < 4.78 is 0. The molecule has 0 saturated carbocycles. The summed E-state index contributed by atoms with van der Waals surface area (Å²) in [7, 11) is 0. The van der Waals surface area contributed by atoms with Gasteiger partial charge in [-0.05, 0) is 6.42 Å². The van der Waals surface area contributed by atoms with Gasteiger partial charge in [0.2, 0.25) is 11.8 Å². The van der Waals surface area contributed by atoms with Crippen LogP contribution < -0.4 is 11.1 Å². The minimum atomic E-state index is -0.438. The number of hydrogen-bond donors (Lipinski definition) is 2. The lowest BCUT2D eigenvalue weighted by Gasteiger charge is -2.31.